The second-order valence-electron chi connectivity index (χ2n) is 6.72. The molecule has 1 nitrogen and oxygen atoms in total. The van der Waals surface area contributed by atoms with E-state index in [4.69, 9.17) is 4.42 Å². The molecule has 2 heteroatoms. The first-order chi connectivity index (χ1) is 12.3. The summed E-state index contributed by atoms with van der Waals surface area (Å²) in [5.41, 5.74) is 6.93. The van der Waals surface area contributed by atoms with Crippen LogP contribution < -0.4 is 0 Å². The normalized spacial score (nSPS) is 21.2. The number of hydrogen-bond donors (Lipinski definition) is 0. The molecule has 0 amide bonds. The molecule has 0 fully saturated rings. The maximum atomic E-state index is 6.03. The Morgan fingerprint density at radius 3 is 2.80 bits per heavy atom. The van der Waals surface area contributed by atoms with E-state index in [9.17, 15) is 0 Å². The number of allylic oxidation sites excluding steroid dienone is 7. The van der Waals surface area contributed by atoms with Crippen LogP contribution in [0.5, 0.6) is 0 Å². The predicted molar refractivity (Wildman–Crippen MR) is 107 cm³/mol. The Morgan fingerprint density at radius 1 is 1.12 bits per heavy atom. The van der Waals surface area contributed by atoms with Gasteiger partial charge in [0.1, 0.15) is 11.5 Å². The first-order valence-electron chi connectivity index (χ1n) is 8.84. The van der Waals surface area contributed by atoms with Gasteiger partial charge < -0.3 is 4.42 Å². The molecule has 3 aliphatic rings. The van der Waals surface area contributed by atoms with Crippen LogP contribution in [0.2, 0.25) is 0 Å². The predicted octanol–water partition coefficient (Wildman–Crippen LogP) is 6.52. The molecule has 25 heavy (non-hydrogen) atoms. The van der Waals surface area contributed by atoms with Crippen LogP contribution in [0.4, 0.5) is 0 Å². The van der Waals surface area contributed by atoms with E-state index in [2.05, 4.69) is 67.6 Å². The lowest BCUT2D eigenvalue weighted by atomic mass is 9.82. The molecule has 1 aliphatic heterocycles. The van der Waals surface area contributed by atoms with Crippen LogP contribution in [-0.4, -0.2) is 5.29 Å². The van der Waals surface area contributed by atoms with Gasteiger partial charge in [-0.25, -0.2) is 0 Å². The number of furan rings is 1. The summed E-state index contributed by atoms with van der Waals surface area (Å²) < 4.78 is 6.03. The average molecular weight is 342 g/mol. The molecule has 2 aliphatic carbocycles. The Labute approximate surface area is 149 Å². The van der Waals surface area contributed by atoms with Gasteiger partial charge in [-0.15, -0.1) is 0 Å². The van der Waals surface area contributed by atoms with Crippen LogP contribution >= 0.6 is 8.20 Å². The van der Waals surface area contributed by atoms with Gasteiger partial charge in [-0.1, -0.05) is 51.5 Å². The van der Waals surface area contributed by atoms with Crippen LogP contribution in [0.15, 0.2) is 75.5 Å². The van der Waals surface area contributed by atoms with Gasteiger partial charge in [-0.05, 0) is 65.2 Å². The first kappa shape index (κ1) is 14.9. The fraction of sp³-hybridized carbons (Fsp3) is 0.174. The highest BCUT2D eigenvalue weighted by atomic mass is 31.1. The molecule has 0 radical (unpaired) electrons. The van der Waals surface area contributed by atoms with E-state index in [0.717, 1.165) is 17.9 Å². The Balaban J connectivity index is 1.74. The van der Waals surface area contributed by atoms with E-state index in [0.29, 0.717) is 0 Å². The topological polar surface area (TPSA) is 13.1 Å². The van der Waals surface area contributed by atoms with Crippen molar-refractivity contribution in [2.45, 2.75) is 26.2 Å². The van der Waals surface area contributed by atoms with Crippen LogP contribution in [-0.2, 0) is 0 Å². The molecular formula is C23H19OP. The standard InChI is InChI=1S/C23H19OP/c1-3-20-23(17-9-6-10-21(17)25-20)22-16-8-5-4-7-15(16)13-18(22)19-12-11-14(2)24-19/h4-13,22H,3H2,1-2H3. The van der Waals surface area contributed by atoms with Gasteiger partial charge in [-0.3, -0.25) is 0 Å². The molecule has 5 rings (SSSR count). The van der Waals surface area contributed by atoms with E-state index in [-0.39, 0.29) is 5.92 Å². The van der Waals surface area contributed by atoms with Crippen molar-refractivity contribution in [3.05, 3.63) is 93.7 Å². The highest BCUT2D eigenvalue weighted by Crippen LogP contribution is 2.53. The molecule has 1 unspecified atom stereocenters. The molecule has 0 saturated heterocycles. The molecule has 1 aromatic carbocycles. The highest BCUT2D eigenvalue weighted by Gasteiger charge is 2.36. The summed E-state index contributed by atoms with van der Waals surface area (Å²) in [6.45, 7) is 4.29. The second kappa shape index (κ2) is 5.58. The monoisotopic (exact) mass is 342 g/mol. The summed E-state index contributed by atoms with van der Waals surface area (Å²) >= 11 is 0. The van der Waals surface area contributed by atoms with Gasteiger partial charge in [0.15, 0.2) is 0 Å². The molecule has 122 valence electrons. The van der Waals surface area contributed by atoms with Crippen molar-refractivity contribution in [2.75, 3.05) is 0 Å². The summed E-state index contributed by atoms with van der Waals surface area (Å²) in [6, 6.07) is 12.9. The molecule has 2 heterocycles. The third-order valence-corrected chi connectivity index (χ3v) is 6.68. The number of benzene rings is 1. The molecular weight excluding hydrogens is 323 g/mol. The number of hydrogen-bond acceptors (Lipinski definition) is 1. The SMILES string of the molecule is CCC1=PC2=CC=CC2=C1C1C(c2ccc(C)o2)=Cc2ccccc21. The van der Waals surface area contributed by atoms with Gasteiger partial charge in [0.25, 0.3) is 0 Å². The van der Waals surface area contributed by atoms with E-state index < -0.39 is 0 Å². The fourth-order valence-corrected chi connectivity index (χ4v) is 5.42. The zero-order chi connectivity index (χ0) is 17.0. The Kier molecular flexibility index (Phi) is 3.33. The average Bonchev–Trinajstić information content (AvgIpc) is 3.35. The Bertz CT molecular complexity index is 1040. The minimum atomic E-state index is 0.271. The fourth-order valence-electron chi connectivity index (χ4n) is 4.13. The van der Waals surface area contributed by atoms with Gasteiger partial charge in [0, 0.05) is 16.8 Å². The molecule has 1 aromatic heterocycles. The van der Waals surface area contributed by atoms with Crippen molar-refractivity contribution in [3.63, 3.8) is 0 Å². The lowest BCUT2D eigenvalue weighted by molar-refractivity contribution is 0.519. The second-order valence-corrected chi connectivity index (χ2v) is 7.97. The number of rotatable bonds is 3. The molecule has 0 bridgehead atoms. The van der Waals surface area contributed by atoms with E-state index in [1.807, 2.05) is 6.92 Å². The van der Waals surface area contributed by atoms with Gasteiger partial charge in [0.05, 0.1) is 0 Å². The lowest BCUT2D eigenvalue weighted by Gasteiger charge is -2.21. The van der Waals surface area contributed by atoms with Gasteiger partial charge in [-0.2, -0.15) is 0 Å². The van der Waals surface area contributed by atoms with Crippen molar-refractivity contribution in [3.8, 4) is 0 Å². The van der Waals surface area contributed by atoms with Gasteiger partial charge in [0.2, 0.25) is 0 Å². The molecule has 0 spiro atoms. The van der Waals surface area contributed by atoms with E-state index in [1.54, 1.807) is 5.29 Å². The Hall–Kier alpha value is -2.37. The smallest absolute Gasteiger partial charge is 0.131 e. The summed E-state index contributed by atoms with van der Waals surface area (Å²) in [5.74, 6) is 2.24. The maximum Gasteiger partial charge on any atom is 0.131 e. The van der Waals surface area contributed by atoms with Crippen LogP contribution in [0.3, 0.4) is 0 Å². The van der Waals surface area contributed by atoms with Crippen molar-refractivity contribution in [2.24, 2.45) is 0 Å². The zero-order valence-electron chi connectivity index (χ0n) is 14.4. The van der Waals surface area contributed by atoms with Crippen LogP contribution in [0, 0.1) is 6.92 Å². The third-order valence-electron chi connectivity index (χ3n) is 5.23. The summed E-state index contributed by atoms with van der Waals surface area (Å²) in [7, 11) is 1.38. The van der Waals surface area contributed by atoms with Crippen LogP contribution in [0.25, 0.3) is 11.6 Å². The quantitative estimate of drug-likeness (QED) is 0.579. The van der Waals surface area contributed by atoms with Crippen molar-refractivity contribution < 1.29 is 4.42 Å². The van der Waals surface area contributed by atoms with E-state index >= 15 is 0 Å². The van der Waals surface area contributed by atoms with E-state index in [1.165, 1.54) is 41.4 Å². The summed E-state index contributed by atoms with van der Waals surface area (Å²) in [6.07, 6.45) is 10.1. The molecule has 0 N–H and O–H groups in total. The minimum absolute atomic E-state index is 0.271. The lowest BCUT2D eigenvalue weighted by Crippen LogP contribution is -2.10. The third kappa shape index (κ3) is 2.19. The summed E-state index contributed by atoms with van der Waals surface area (Å²) in [4.78, 5) is 0. The number of aryl methyl sites for hydroxylation is 1. The Morgan fingerprint density at radius 2 is 2.00 bits per heavy atom. The van der Waals surface area contributed by atoms with Crippen molar-refractivity contribution in [1.82, 2.24) is 0 Å². The maximum absolute atomic E-state index is 6.03. The molecule has 2 aromatic rings. The highest BCUT2D eigenvalue weighted by molar-refractivity contribution is 7.47. The molecule has 1 atom stereocenters. The molecule has 0 saturated carbocycles. The summed E-state index contributed by atoms with van der Waals surface area (Å²) in [5, 5.41) is 2.99. The van der Waals surface area contributed by atoms with Crippen molar-refractivity contribution >= 4 is 25.1 Å². The zero-order valence-corrected chi connectivity index (χ0v) is 15.3. The minimum Gasteiger partial charge on any atom is -0.462 e. The van der Waals surface area contributed by atoms with Gasteiger partial charge >= 0.3 is 0 Å². The first-order valence-corrected chi connectivity index (χ1v) is 9.74. The van der Waals surface area contributed by atoms with Crippen LogP contribution in [0.1, 0.15) is 41.9 Å². The van der Waals surface area contributed by atoms with Crippen molar-refractivity contribution in [1.29, 1.82) is 0 Å². The largest absolute Gasteiger partial charge is 0.462 e. The number of fused-ring (bicyclic) bond motifs is 2.